The Morgan fingerprint density at radius 3 is 1.28 bits per heavy atom. The maximum absolute atomic E-state index is 5.27. The van der Waals surface area contributed by atoms with Crippen molar-refractivity contribution in [2.75, 3.05) is 0 Å². The standard InChI is InChI=1S/C73H45N5/c1-4-18-46(19-5-1)48-22-14-24-52(40-48)71-74-72(53-25-15-23-49(41-53)47-20-6-2-7-21-47)76-73(75-71)54-26-16-29-56(42-54)78-65-35-13-12-32-59(65)62-43-50(36-38-66(62)78)51-37-39-67-64(44-51)70-61-34-17-33-60-57-30-10-11-31-58(57)63(69(60)61)45-68(70)77(67)55-27-8-3-9-28-55/h1-45H. The van der Waals surface area contributed by atoms with Crippen LogP contribution < -0.4 is 0 Å². The zero-order valence-corrected chi connectivity index (χ0v) is 42.2. The Labute approximate surface area is 450 Å². The van der Waals surface area contributed by atoms with Crippen molar-refractivity contribution in [1.29, 1.82) is 0 Å². The van der Waals surface area contributed by atoms with Crippen LogP contribution in [0.15, 0.2) is 273 Å². The molecule has 0 N–H and O–H groups in total. The Kier molecular flexibility index (Phi) is 9.87. The van der Waals surface area contributed by atoms with Gasteiger partial charge in [0.1, 0.15) is 0 Å². The average molecular weight is 992 g/mol. The van der Waals surface area contributed by atoms with Crippen LogP contribution in [0.2, 0.25) is 0 Å². The molecule has 0 aliphatic heterocycles. The van der Waals surface area contributed by atoms with Crippen LogP contribution in [-0.4, -0.2) is 24.1 Å². The Balaban J connectivity index is 0.839. The smallest absolute Gasteiger partial charge is 0.164 e. The van der Waals surface area contributed by atoms with Crippen LogP contribution in [0.5, 0.6) is 0 Å². The quantitative estimate of drug-likeness (QED) is 0.152. The summed E-state index contributed by atoms with van der Waals surface area (Å²) in [6.07, 6.45) is 0. The SMILES string of the molecule is c1ccc(-c2cccc(-c3nc(-c4cccc(-c5ccccc5)c4)nc(-c4cccc(-n5c6ccccc6c6cc(-c7ccc8c(c7)c7c9cccc%10c9c(cc7n8-c7ccccc7)-c7ccccc7-%10)ccc65)c4)n3)c2)cc1. The summed E-state index contributed by atoms with van der Waals surface area (Å²) < 4.78 is 4.83. The number of benzene rings is 12. The molecule has 16 rings (SSSR count). The zero-order chi connectivity index (χ0) is 51.3. The van der Waals surface area contributed by atoms with Crippen molar-refractivity contribution in [2.24, 2.45) is 0 Å². The van der Waals surface area contributed by atoms with Gasteiger partial charge in [0.2, 0.25) is 0 Å². The molecule has 78 heavy (non-hydrogen) atoms. The van der Waals surface area contributed by atoms with E-state index < -0.39 is 0 Å². The van der Waals surface area contributed by atoms with Gasteiger partial charge in [0, 0.05) is 49.6 Å². The lowest BCUT2D eigenvalue weighted by Gasteiger charge is -2.12. The van der Waals surface area contributed by atoms with Crippen molar-refractivity contribution in [3.63, 3.8) is 0 Å². The van der Waals surface area contributed by atoms with Crippen LogP contribution in [0.3, 0.4) is 0 Å². The molecule has 5 nitrogen and oxygen atoms in total. The van der Waals surface area contributed by atoms with Crippen LogP contribution in [0, 0.1) is 0 Å². The number of hydrogen-bond acceptors (Lipinski definition) is 3. The van der Waals surface area contributed by atoms with Gasteiger partial charge < -0.3 is 9.13 Å². The van der Waals surface area contributed by atoms with Crippen molar-refractivity contribution >= 4 is 54.4 Å². The third-order valence-corrected chi connectivity index (χ3v) is 15.9. The van der Waals surface area contributed by atoms with E-state index in [4.69, 9.17) is 15.0 Å². The minimum absolute atomic E-state index is 0.602. The highest BCUT2D eigenvalue weighted by Crippen LogP contribution is 2.51. The van der Waals surface area contributed by atoms with Gasteiger partial charge in [-0.3, -0.25) is 0 Å². The van der Waals surface area contributed by atoms with Crippen molar-refractivity contribution in [2.45, 2.75) is 0 Å². The van der Waals surface area contributed by atoms with Crippen LogP contribution in [0.4, 0.5) is 0 Å². The van der Waals surface area contributed by atoms with E-state index in [0.717, 1.165) is 66.9 Å². The molecule has 5 heteroatoms. The van der Waals surface area contributed by atoms with Crippen LogP contribution in [0.25, 0.3) is 156 Å². The number of aromatic nitrogens is 5. The fraction of sp³-hybridized carbons (Fsp3) is 0. The first-order chi connectivity index (χ1) is 38.7. The summed E-state index contributed by atoms with van der Waals surface area (Å²) in [6, 6.07) is 98.2. The number of hydrogen-bond donors (Lipinski definition) is 0. The number of rotatable bonds is 8. The Morgan fingerprint density at radius 2 is 0.628 bits per heavy atom. The molecule has 3 aromatic heterocycles. The molecule has 0 atom stereocenters. The molecule has 1 aliphatic carbocycles. The van der Waals surface area contributed by atoms with Gasteiger partial charge in [0.15, 0.2) is 17.5 Å². The average Bonchev–Trinajstić information content (AvgIpc) is 4.36. The van der Waals surface area contributed by atoms with E-state index in [9.17, 15) is 0 Å². The van der Waals surface area contributed by atoms with Gasteiger partial charge in [-0.1, -0.05) is 200 Å². The van der Waals surface area contributed by atoms with E-state index in [2.05, 4.69) is 270 Å². The maximum atomic E-state index is 5.27. The molecule has 0 amide bonds. The van der Waals surface area contributed by atoms with Gasteiger partial charge in [-0.2, -0.15) is 0 Å². The fourth-order valence-electron chi connectivity index (χ4n) is 12.3. The highest BCUT2D eigenvalue weighted by atomic mass is 15.0. The summed E-state index contributed by atoms with van der Waals surface area (Å²) >= 11 is 0. The topological polar surface area (TPSA) is 48.5 Å². The molecule has 15 aromatic rings. The molecule has 362 valence electrons. The van der Waals surface area contributed by atoms with E-state index in [1.807, 2.05) is 12.1 Å². The molecule has 0 fully saturated rings. The Bertz CT molecular complexity index is 4800. The second-order valence-electron chi connectivity index (χ2n) is 20.3. The molecule has 0 unspecified atom stereocenters. The third-order valence-electron chi connectivity index (χ3n) is 15.9. The molecule has 0 saturated carbocycles. The summed E-state index contributed by atoms with van der Waals surface area (Å²) in [5.74, 6) is 1.83. The van der Waals surface area contributed by atoms with Crippen molar-refractivity contribution in [3.8, 4) is 101 Å². The first-order valence-corrected chi connectivity index (χ1v) is 26.6. The molecule has 0 saturated heterocycles. The molecular formula is C73H45N5. The number of para-hydroxylation sites is 2. The second-order valence-corrected chi connectivity index (χ2v) is 20.3. The van der Waals surface area contributed by atoms with Gasteiger partial charge in [-0.25, -0.2) is 15.0 Å². The van der Waals surface area contributed by atoms with Gasteiger partial charge in [0.05, 0.1) is 22.1 Å². The van der Waals surface area contributed by atoms with E-state index in [-0.39, 0.29) is 0 Å². The zero-order valence-electron chi connectivity index (χ0n) is 42.2. The third kappa shape index (κ3) is 6.99. The molecular weight excluding hydrogens is 947 g/mol. The molecule has 0 radical (unpaired) electrons. The largest absolute Gasteiger partial charge is 0.309 e. The number of nitrogens with zero attached hydrogens (tertiary/aromatic N) is 5. The number of fused-ring (bicyclic) bond motifs is 10. The summed E-state index contributed by atoms with van der Waals surface area (Å²) in [5, 5.41) is 7.51. The van der Waals surface area contributed by atoms with Gasteiger partial charge in [-0.15, -0.1) is 0 Å². The first-order valence-electron chi connectivity index (χ1n) is 26.6. The van der Waals surface area contributed by atoms with Gasteiger partial charge in [0.25, 0.3) is 0 Å². The van der Waals surface area contributed by atoms with Crippen LogP contribution in [0.1, 0.15) is 0 Å². The van der Waals surface area contributed by atoms with Gasteiger partial charge in [-0.05, 0) is 139 Å². The van der Waals surface area contributed by atoms with Crippen molar-refractivity contribution in [1.82, 2.24) is 24.1 Å². The lowest BCUT2D eigenvalue weighted by atomic mass is 9.96. The summed E-state index contributed by atoms with van der Waals surface area (Å²) in [6.45, 7) is 0. The van der Waals surface area contributed by atoms with E-state index >= 15 is 0 Å². The summed E-state index contributed by atoms with van der Waals surface area (Å²) in [5.41, 5.74) is 21.6. The van der Waals surface area contributed by atoms with Crippen molar-refractivity contribution in [3.05, 3.63) is 273 Å². The molecule has 1 aliphatic rings. The minimum Gasteiger partial charge on any atom is -0.309 e. The van der Waals surface area contributed by atoms with E-state index in [1.54, 1.807) is 0 Å². The predicted octanol–water partition coefficient (Wildman–Crippen LogP) is 18.9. The highest BCUT2D eigenvalue weighted by Gasteiger charge is 2.26. The molecule has 0 bridgehead atoms. The molecule has 3 heterocycles. The van der Waals surface area contributed by atoms with Gasteiger partial charge >= 0.3 is 0 Å². The monoisotopic (exact) mass is 991 g/mol. The lowest BCUT2D eigenvalue weighted by molar-refractivity contribution is 1.07. The normalized spacial score (nSPS) is 11.8. The lowest BCUT2D eigenvalue weighted by Crippen LogP contribution is -2.01. The van der Waals surface area contributed by atoms with Crippen LogP contribution in [-0.2, 0) is 0 Å². The minimum atomic E-state index is 0.602. The van der Waals surface area contributed by atoms with Crippen LogP contribution >= 0.6 is 0 Å². The second kappa shape index (κ2) is 17.6. The Morgan fingerprint density at radius 1 is 0.205 bits per heavy atom. The first kappa shape index (κ1) is 43.9. The Hall–Kier alpha value is -10.5. The maximum Gasteiger partial charge on any atom is 0.164 e. The van der Waals surface area contributed by atoms with Crippen molar-refractivity contribution < 1.29 is 0 Å². The summed E-state index contributed by atoms with van der Waals surface area (Å²) in [4.78, 5) is 15.7. The fourth-order valence-corrected chi connectivity index (χ4v) is 12.3. The summed E-state index contributed by atoms with van der Waals surface area (Å²) in [7, 11) is 0. The highest BCUT2D eigenvalue weighted by molar-refractivity contribution is 6.29. The molecule has 12 aromatic carbocycles. The predicted molar refractivity (Wildman–Crippen MR) is 323 cm³/mol. The van der Waals surface area contributed by atoms with E-state index in [1.165, 1.54) is 71.2 Å². The molecule has 0 spiro atoms. The van der Waals surface area contributed by atoms with E-state index in [0.29, 0.717) is 17.5 Å².